The van der Waals surface area contributed by atoms with Gasteiger partial charge in [0.2, 0.25) is 5.95 Å². The fraction of sp³-hybridized carbons (Fsp3) is 0.500. The number of hydrogen-bond donors (Lipinski definition) is 2. The maximum absolute atomic E-state index is 13.2. The number of alkyl halides is 3. The van der Waals surface area contributed by atoms with Crippen LogP contribution in [0, 0.1) is 0 Å². The Labute approximate surface area is 174 Å². The SMILES string of the molecule is BC(B)(B)n1nc([C@]2(C)CCOC2=O)cc1Nc1ncc(C(F)(F)F)c(NCC)n1. The Morgan fingerprint density at radius 3 is 2.57 bits per heavy atom. The lowest BCUT2D eigenvalue weighted by atomic mass is 9.49. The summed E-state index contributed by atoms with van der Waals surface area (Å²) in [7, 11) is 5.76. The first kappa shape index (κ1) is 22.0. The summed E-state index contributed by atoms with van der Waals surface area (Å²) in [6.07, 6.45) is -3.34. The summed E-state index contributed by atoms with van der Waals surface area (Å²) in [5.41, 5.74) is -1.31. The van der Waals surface area contributed by atoms with Crippen LogP contribution in [0.5, 0.6) is 0 Å². The van der Waals surface area contributed by atoms with Crippen LogP contribution in [0.4, 0.5) is 30.8 Å². The molecule has 0 saturated carbocycles. The fourth-order valence-corrected chi connectivity index (χ4v) is 3.16. The van der Waals surface area contributed by atoms with Crippen LogP contribution >= 0.6 is 0 Å². The van der Waals surface area contributed by atoms with Gasteiger partial charge in [-0.1, -0.05) is 0 Å². The summed E-state index contributed by atoms with van der Waals surface area (Å²) < 4.78 is 46.4. The Morgan fingerprint density at radius 1 is 1.33 bits per heavy atom. The van der Waals surface area contributed by atoms with E-state index in [1.54, 1.807) is 24.6 Å². The average molecular weight is 420 g/mol. The quantitative estimate of drug-likeness (QED) is 0.483. The highest BCUT2D eigenvalue weighted by Gasteiger charge is 2.44. The number of halogens is 3. The zero-order valence-corrected chi connectivity index (χ0v) is 17.5. The van der Waals surface area contributed by atoms with E-state index in [0.29, 0.717) is 24.5 Å². The predicted octanol–water partition coefficient (Wildman–Crippen LogP) is -0.461. The van der Waals surface area contributed by atoms with Crippen molar-refractivity contribution in [2.45, 2.75) is 37.1 Å². The molecule has 14 heteroatoms. The van der Waals surface area contributed by atoms with Gasteiger partial charge in [0.05, 0.1) is 12.3 Å². The van der Waals surface area contributed by atoms with E-state index in [1.807, 2.05) is 23.5 Å². The third-order valence-corrected chi connectivity index (χ3v) is 4.87. The lowest BCUT2D eigenvalue weighted by molar-refractivity contribution is -0.142. The van der Waals surface area contributed by atoms with Gasteiger partial charge in [-0.05, 0) is 19.1 Å². The van der Waals surface area contributed by atoms with Crippen LogP contribution in [-0.4, -0.2) is 62.4 Å². The number of ether oxygens (including phenoxy) is 1. The van der Waals surface area contributed by atoms with Gasteiger partial charge < -0.3 is 15.4 Å². The molecule has 0 aliphatic carbocycles. The van der Waals surface area contributed by atoms with Crippen molar-refractivity contribution >= 4 is 47.1 Å². The molecule has 1 aliphatic rings. The number of nitrogens with one attached hydrogen (secondary N) is 2. The zero-order valence-electron chi connectivity index (χ0n) is 17.5. The van der Waals surface area contributed by atoms with Gasteiger partial charge in [0.1, 0.15) is 46.2 Å². The summed E-state index contributed by atoms with van der Waals surface area (Å²) >= 11 is 0. The second-order valence-corrected chi connectivity index (χ2v) is 8.32. The number of rotatable bonds is 6. The van der Waals surface area contributed by atoms with Crippen molar-refractivity contribution in [1.29, 1.82) is 0 Å². The van der Waals surface area contributed by atoms with Crippen LogP contribution < -0.4 is 10.6 Å². The highest BCUT2D eigenvalue weighted by molar-refractivity contribution is 6.56. The highest BCUT2D eigenvalue weighted by Crippen LogP contribution is 2.36. The molecule has 1 saturated heterocycles. The standard InChI is InChI=1S/C16H22B3F3N6O2/c1-3-23-11-8(15(20,21)22)7-24-13(26-11)25-10-6-9(27-28(10)16(17,18)19)14(2)4-5-30-12(14)29/h6-7H,3-5,17-19H2,1-2H3,(H2,23,24,25,26)/t14-/m0/s1. The zero-order chi connectivity index (χ0) is 22.3. The van der Waals surface area contributed by atoms with Crippen LogP contribution in [-0.2, 0) is 26.4 Å². The number of anilines is 3. The monoisotopic (exact) mass is 420 g/mol. The molecule has 0 radical (unpaired) electrons. The molecule has 2 aromatic heterocycles. The van der Waals surface area contributed by atoms with Crippen LogP contribution in [0.25, 0.3) is 0 Å². The minimum atomic E-state index is -4.58. The molecule has 1 aliphatic heterocycles. The van der Waals surface area contributed by atoms with Crippen LogP contribution in [0.2, 0.25) is 0 Å². The molecule has 30 heavy (non-hydrogen) atoms. The lowest BCUT2D eigenvalue weighted by Crippen LogP contribution is -2.37. The smallest absolute Gasteiger partial charge is 0.421 e. The molecular formula is C16H22B3F3N6O2. The molecule has 0 bridgehead atoms. The van der Waals surface area contributed by atoms with Crippen molar-refractivity contribution < 1.29 is 22.7 Å². The first-order chi connectivity index (χ1) is 13.9. The minimum Gasteiger partial charge on any atom is -0.465 e. The van der Waals surface area contributed by atoms with Gasteiger partial charge in [-0.15, -0.1) is 0 Å². The van der Waals surface area contributed by atoms with Gasteiger partial charge in [0, 0.05) is 25.2 Å². The number of hydrogen-bond acceptors (Lipinski definition) is 7. The van der Waals surface area contributed by atoms with Gasteiger partial charge in [-0.2, -0.15) is 23.3 Å². The van der Waals surface area contributed by atoms with Crippen molar-refractivity contribution in [3.8, 4) is 0 Å². The van der Waals surface area contributed by atoms with E-state index in [-0.39, 0.29) is 24.3 Å². The van der Waals surface area contributed by atoms with E-state index >= 15 is 0 Å². The van der Waals surface area contributed by atoms with Gasteiger partial charge in [0.15, 0.2) is 0 Å². The Bertz CT molecular complexity index is 963. The topological polar surface area (TPSA) is 94.0 Å². The van der Waals surface area contributed by atoms with E-state index in [1.165, 1.54) is 0 Å². The number of esters is 1. The third-order valence-electron chi connectivity index (χ3n) is 4.87. The van der Waals surface area contributed by atoms with Gasteiger partial charge in [0.25, 0.3) is 0 Å². The minimum absolute atomic E-state index is 0.0185. The second-order valence-electron chi connectivity index (χ2n) is 8.32. The molecule has 0 unspecified atom stereocenters. The summed E-state index contributed by atoms with van der Waals surface area (Å²) in [5, 5.41) is 9.70. The number of cyclic esters (lactones) is 1. The average Bonchev–Trinajstić information content (AvgIpc) is 3.19. The largest absolute Gasteiger partial charge is 0.465 e. The number of carbonyl (C=O) groups is 1. The molecule has 1 atom stereocenters. The first-order valence-electron chi connectivity index (χ1n) is 9.59. The predicted molar refractivity (Wildman–Crippen MR) is 113 cm³/mol. The molecule has 2 aromatic rings. The third kappa shape index (κ3) is 4.12. The Kier molecular flexibility index (Phi) is 5.55. The van der Waals surface area contributed by atoms with Gasteiger partial charge >= 0.3 is 12.1 Å². The first-order valence-corrected chi connectivity index (χ1v) is 9.59. The normalized spacial score (nSPS) is 19.6. The van der Waals surface area contributed by atoms with Crippen LogP contribution in [0.1, 0.15) is 31.5 Å². The number of nitrogens with zero attached hydrogens (tertiary/aromatic N) is 4. The molecule has 0 amide bonds. The fourth-order valence-electron chi connectivity index (χ4n) is 3.16. The molecule has 8 nitrogen and oxygen atoms in total. The summed E-state index contributed by atoms with van der Waals surface area (Å²) in [6, 6.07) is 1.69. The van der Waals surface area contributed by atoms with Crippen molar-refractivity contribution in [2.75, 3.05) is 23.8 Å². The Morgan fingerprint density at radius 2 is 2.03 bits per heavy atom. The Balaban J connectivity index is 2.02. The summed E-state index contributed by atoms with van der Waals surface area (Å²) in [5.74, 6) is -0.223. The van der Waals surface area contributed by atoms with E-state index < -0.39 is 22.4 Å². The number of aromatic nitrogens is 4. The molecule has 1 fully saturated rings. The summed E-state index contributed by atoms with van der Waals surface area (Å²) in [6.45, 7) is 4.02. The Hall–Kier alpha value is -2.66. The molecule has 2 N–H and O–H groups in total. The molecule has 158 valence electrons. The van der Waals surface area contributed by atoms with E-state index in [2.05, 4.69) is 25.7 Å². The van der Waals surface area contributed by atoms with Gasteiger partial charge in [-0.3, -0.25) is 9.48 Å². The van der Waals surface area contributed by atoms with Crippen molar-refractivity contribution in [3.05, 3.63) is 23.5 Å². The van der Waals surface area contributed by atoms with E-state index in [0.717, 1.165) is 6.20 Å². The molecular weight excluding hydrogens is 398 g/mol. The number of carbonyl (C=O) groups excluding carboxylic acids is 1. The molecule has 0 spiro atoms. The van der Waals surface area contributed by atoms with Crippen molar-refractivity contribution in [3.63, 3.8) is 0 Å². The van der Waals surface area contributed by atoms with E-state index in [9.17, 15) is 18.0 Å². The van der Waals surface area contributed by atoms with Crippen LogP contribution in [0.3, 0.4) is 0 Å². The van der Waals surface area contributed by atoms with Crippen molar-refractivity contribution in [1.82, 2.24) is 19.7 Å². The molecule has 3 rings (SSSR count). The van der Waals surface area contributed by atoms with Crippen molar-refractivity contribution in [2.24, 2.45) is 0 Å². The maximum Gasteiger partial charge on any atom is 0.421 e. The maximum atomic E-state index is 13.2. The second kappa shape index (κ2) is 7.55. The van der Waals surface area contributed by atoms with Gasteiger partial charge in [-0.25, -0.2) is 4.98 Å². The highest BCUT2D eigenvalue weighted by atomic mass is 19.4. The van der Waals surface area contributed by atoms with Crippen LogP contribution in [0.15, 0.2) is 12.3 Å². The van der Waals surface area contributed by atoms with E-state index in [4.69, 9.17) is 4.74 Å². The summed E-state index contributed by atoms with van der Waals surface area (Å²) in [4.78, 5) is 20.1. The lowest BCUT2D eigenvalue weighted by Gasteiger charge is -2.23. The molecule has 3 heterocycles. The molecule has 0 aromatic carbocycles.